The zero-order valence-corrected chi connectivity index (χ0v) is 18.5. The fourth-order valence-electron chi connectivity index (χ4n) is 3.35. The summed E-state index contributed by atoms with van der Waals surface area (Å²) in [5, 5.41) is 19.6. The second-order valence-electron chi connectivity index (χ2n) is 8.32. The van der Waals surface area contributed by atoms with Gasteiger partial charge in [0.15, 0.2) is 5.60 Å². The van der Waals surface area contributed by atoms with Crippen molar-refractivity contribution < 1.29 is 14.6 Å². The molecule has 32 heavy (non-hydrogen) atoms. The minimum atomic E-state index is -1.27. The van der Waals surface area contributed by atoms with Crippen LogP contribution in [0, 0.1) is 5.41 Å². The highest BCUT2D eigenvalue weighted by Crippen LogP contribution is 2.20. The lowest BCUT2D eigenvalue weighted by atomic mass is 10.0. The minimum Gasteiger partial charge on any atom is -0.478 e. The van der Waals surface area contributed by atoms with Crippen LogP contribution in [0.15, 0.2) is 71.7 Å². The molecule has 0 fully saturated rings. The van der Waals surface area contributed by atoms with Gasteiger partial charge < -0.3 is 15.6 Å². The predicted octanol–water partition coefficient (Wildman–Crippen LogP) is 4.98. The van der Waals surface area contributed by atoms with Crippen LogP contribution in [-0.4, -0.2) is 28.3 Å². The van der Waals surface area contributed by atoms with E-state index in [1.807, 2.05) is 30.3 Å². The summed E-state index contributed by atoms with van der Waals surface area (Å²) >= 11 is 0. The SMILES string of the molecule is CC(C)(Oc1ccc(CCCC(N)=NC(=N)Cc2ccc3ccccc3c2)cc1)C(=O)O. The molecule has 0 aliphatic rings. The number of fused-ring (bicyclic) bond motifs is 1. The number of hydrogen-bond donors (Lipinski definition) is 3. The van der Waals surface area contributed by atoms with E-state index in [1.54, 1.807) is 12.1 Å². The number of aliphatic imine (C=N–C) groups is 1. The number of aliphatic carboxylic acids is 1. The fraction of sp³-hybridized carbons (Fsp3) is 0.269. The van der Waals surface area contributed by atoms with Gasteiger partial charge in [0.2, 0.25) is 0 Å². The van der Waals surface area contributed by atoms with Crippen LogP contribution in [0.1, 0.15) is 37.8 Å². The van der Waals surface area contributed by atoms with Crippen molar-refractivity contribution in [3.8, 4) is 5.75 Å². The summed E-state index contributed by atoms with van der Waals surface area (Å²) in [5.74, 6) is 0.214. The van der Waals surface area contributed by atoms with Crippen molar-refractivity contribution in [1.82, 2.24) is 0 Å². The summed E-state index contributed by atoms with van der Waals surface area (Å²) in [6.45, 7) is 3.03. The minimum absolute atomic E-state index is 0.250. The van der Waals surface area contributed by atoms with Gasteiger partial charge in [0.05, 0.1) is 0 Å². The molecule has 0 spiro atoms. The number of carboxylic acids is 1. The molecule has 4 N–H and O–H groups in total. The lowest BCUT2D eigenvalue weighted by molar-refractivity contribution is -0.152. The zero-order valence-electron chi connectivity index (χ0n) is 18.5. The molecule has 3 aromatic rings. The highest BCUT2D eigenvalue weighted by molar-refractivity contribution is 5.96. The molecule has 166 valence electrons. The predicted molar refractivity (Wildman–Crippen MR) is 129 cm³/mol. The molecule has 3 aromatic carbocycles. The van der Waals surface area contributed by atoms with Crippen molar-refractivity contribution in [2.75, 3.05) is 0 Å². The Kier molecular flexibility index (Phi) is 7.25. The van der Waals surface area contributed by atoms with Crippen LogP contribution in [0.3, 0.4) is 0 Å². The molecule has 0 amide bonds. The molecule has 0 atom stereocenters. The van der Waals surface area contributed by atoms with Crippen LogP contribution >= 0.6 is 0 Å². The third kappa shape index (κ3) is 6.41. The lowest BCUT2D eigenvalue weighted by Gasteiger charge is -2.21. The van der Waals surface area contributed by atoms with Gasteiger partial charge in [-0.3, -0.25) is 5.41 Å². The number of carbonyl (C=O) groups is 1. The number of nitrogens with two attached hydrogens (primary N) is 1. The zero-order chi connectivity index (χ0) is 23.1. The monoisotopic (exact) mass is 431 g/mol. The van der Waals surface area contributed by atoms with Crippen LogP contribution in [0.5, 0.6) is 5.75 Å². The Morgan fingerprint density at radius 1 is 1.03 bits per heavy atom. The van der Waals surface area contributed by atoms with Crippen LogP contribution in [0.4, 0.5) is 0 Å². The number of nitrogens with zero attached hydrogens (tertiary/aromatic N) is 1. The first-order chi connectivity index (χ1) is 15.2. The molecule has 0 radical (unpaired) electrons. The Labute approximate surface area is 188 Å². The molecule has 6 nitrogen and oxygen atoms in total. The Bertz CT molecular complexity index is 1130. The van der Waals surface area contributed by atoms with Crippen LogP contribution in [0.2, 0.25) is 0 Å². The lowest BCUT2D eigenvalue weighted by Crippen LogP contribution is -2.37. The van der Waals surface area contributed by atoms with E-state index in [0.717, 1.165) is 29.4 Å². The van der Waals surface area contributed by atoms with E-state index in [2.05, 4.69) is 29.3 Å². The molecule has 3 rings (SSSR count). The second-order valence-corrected chi connectivity index (χ2v) is 8.32. The average molecular weight is 432 g/mol. The highest BCUT2D eigenvalue weighted by Gasteiger charge is 2.29. The Balaban J connectivity index is 1.47. The fourth-order valence-corrected chi connectivity index (χ4v) is 3.35. The number of hydrogen-bond acceptors (Lipinski definition) is 3. The summed E-state index contributed by atoms with van der Waals surface area (Å²) in [7, 11) is 0. The van der Waals surface area contributed by atoms with Gasteiger partial charge in [-0.2, -0.15) is 0 Å². The number of benzene rings is 3. The number of amidine groups is 2. The van der Waals surface area contributed by atoms with E-state index in [4.69, 9.17) is 21.0 Å². The number of ether oxygens (including phenoxy) is 1. The van der Waals surface area contributed by atoms with Gasteiger partial charge in [0.25, 0.3) is 0 Å². The van der Waals surface area contributed by atoms with Crippen molar-refractivity contribution in [2.45, 2.75) is 45.1 Å². The molecule has 6 heteroatoms. The molecule has 0 heterocycles. The maximum Gasteiger partial charge on any atom is 0.347 e. The van der Waals surface area contributed by atoms with Gasteiger partial charge in [0, 0.05) is 12.8 Å². The molecule has 0 aromatic heterocycles. The number of nitrogens with one attached hydrogen (secondary N) is 1. The van der Waals surface area contributed by atoms with Crippen molar-refractivity contribution >= 4 is 28.4 Å². The largest absolute Gasteiger partial charge is 0.478 e. The van der Waals surface area contributed by atoms with Gasteiger partial charge in [-0.1, -0.05) is 54.6 Å². The maximum absolute atomic E-state index is 11.2. The summed E-state index contributed by atoms with van der Waals surface area (Å²) in [6.07, 6.45) is 2.65. The highest BCUT2D eigenvalue weighted by atomic mass is 16.5. The first kappa shape index (κ1) is 23.0. The summed E-state index contributed by atoms with van der Waals surface area (Å²) in [4.78, 5) is 15.4. The van der Waals surface area contributed by atoms with E-state index < -0.39 is 11.6 Å². The third-order valence-corrected chi connectivity index (χ3v) is 5.17. The van der Waals surface area contributed by atoms with E-state index in [-0.39, 0.29) is 5.84 Å². The number of carboxylic acid groups (broad SMARTS) is 1. The van der Waals surface area contributed by atoms with Gasteiger partial charge in [-0.25, -0.2) is 9.79 Å². The molecule has 0 bridgehead atoms. The standard InChI is InChI=1S/C26H29N3O3/c1-26(2,25(30)31)32-22-14-11-18(12-15-22)6-5-9-23(27)29-24(28)17-19-10-13-20-7-3-4-8-21(20)16-19/h3-4,7-8,10-16H,5-6,9,17H2,1-2H3,(H,30,31)(H3,27,28,29). The van der Waals surface area contributed by atoms with E-state index in [0.29, 0.717) is 24.4 Å². The average Bonchev–Trinajstić information content (AvgIpc) is 2.74. The molecule has 0 saturated heterocycles. The normalized spacial score (nSPS) is 12.0. The van der Waals surface area contributed by atoms with Crippen molar-refractivity contribution in [1.29, 1.82) is 5.41 Å². The molecular formula is C26H29N3O3. The van der Waals surface area contributed by atoms with Crippen LogP contribution in [0.25, 0.3) is 10.8 Å². The van der Waals surface area contributed by atoms with E-state index >= 15 is 0 Å². The summed E-state index contributed by atoms with van der Waals surface area (Å²) in [5.41, 5.74) is 6.91. The smallest absolute Gasteiger partial charge is 0.347 e. The van der Waals surface area contributed by atoms with Gasteiger partial charge in [0.1, 0.15) is 17.4 Å². The Morgan fingerprint density at radius 3 is 2.38 bits per heavy atom. The van der Waals surface area contributed by atoms with Gasteiger partial charge in [-0.05, 0) is 60.7 Å². The summed E-state index contributed by atoms with van der Waals surface area (Å²) < 4.78 is 5.51. The molecule has 0 unspecified atom stereocenters. The first-order valence-corrected chi connectivity index (χ1v) is 10.6. The first-order valence-electron chi connectivity index (χ1n) is 10.6. The Morgan fingerprint density at radius 2 is 1.69 bits per heavy atom. The maximum atomic E-state index is 11.2. The number of aryl methyl sites for hydroxylation is 1. The van der Waals surface area contributed by atoms with Crippen molar-refractivity contribution in [3.05, 3.63) is 77.9 Å². The molecule has 0 aliphatic heterocycles. The third-order valence-electron chi connectivity index (χ3n) is 5.17. The Hall–Kier alpha value is -3.67. The van der Waals surface area contributed by atoms with E-state index in [1.165, 1.54) is 19.2 Å². The summed E-state index contributed by atoms with van der Waals surface area (Å²) in [6, 6.07) is 21.7. The molecule has 0 saturated carbocycles. The van der Waals surface area contributed by atoms with Gasteiger partial charge >= 0.3 is 5.97 Å². The molecule has 0 aliphatic carbocycles. The quantitative estimate of drug-likeness (QED) is 0.328. The topological polar surface area (TPSA) is 109 Å². The van der Waals surface area contributed by atoms with E-state index in [9.17, 15) is 4.79 Å². The molecular weight excluding hydrogens is 402 g/mol. The second kappa shape index (κ2) is 10.1. The number of rotatable bonds is 9. The van der Waals surface area contributed by atoms with Crippen molar-refractivity contribution in [2.24, 2.45) is 10.7 Å². The van der Waals surface area contributed by atoms with Crippen molar-refractivity contribution in [3.63, 3.8) is 0 Å². The van der Waals surface area contributed by atoms with Crippen LogP contribution < -0.4 is 10.5 Å². The van der Waals surface area contributed by atoms with Crippen LogP contribution in [-0.2, 0) is 17.6 Å². The van der Waals surface area contributed by atoms with Gasteiger partial charge in [-0.15, -0.1) is 0 Å².